The number of benzene rings is 1. The molecule has 1 aliphatic carbocycles. The highest BCUT2D eigenvalue weighted by atomic mass is 32.1. The van der Waals surface area contributed by atoms with Crippen LogP contribution in [0.4, 0.5) is 0 Å². The Morgan fingerprint density at radius 3 is 2.37 bits per heavy atom. The van der Waals surface area contributed by atoms with Crippen molar-refractivity contribution in [2.45, 2.75) is 51.5 Å². The zero-order valence-corrected chi connectivity index (χ0v) is 16.6. The topological polar surface area (TPSA) is 34.0 Å². The molecule has 1 saturated carbocycles. The van der Waals surface area contributed by atoms with Crippen molar-refractivity contribution in [2.24, 2.45) is 0 Å². The lowest BCUT2D eigenvalue weighted by atomic mass is 10.0. The summed E-state index contributed by atoms with van der Waals surface area (Å²) in [7, 11) is 0. The monoisotopic (exact) mass is 378 g/mol. The number of hydrogen-bond acceptors (Lipinski definition) is 2. The zero-order valence-electron chi connectivity index (χ0n) is 15.8. The highest BCUT2D eigenvalue weighted by Gasteiger charge is 2.23. The molecule has 0 spiro atoms. The van der Waals surface area contributed by atoms with E-state index in [1.165, 1.54) is 31.2 Å². The molecule has 1 N–H and O–H groups in total. The summed E-state index contributed by atoms with van der Waals surface area (Å²) in [6, 6.07) is 12.8. The molecule has 0 saturated heterocycles. The van der Waals surface area contributed by atoms with E-state index in [1.54, 1.807) is 11.3 Å². The molecule has 1 fully saturated rings. The summed E-state index contributed by atoms with van der Waals surface area (Å²) in [4.78, 5) is 13.9. The average Bonchev–Trinajstić information content (AvgIpc) is 3.28. The van der Waals surface area contributed by atoms with Gasteiger partial charge in [0.25, 0.3) is 5.91 Å². The number of aryl methyl sites for hydroxylation is 1. The van der Waals surface area contributed by atoms with Crippen LogP contribution in [0.2, 0.25) is 0 Å². The summed E-state index contributed by atoms with van der Waals surface area (Å²) >= 11 is 1.54. The van der Waals surface area contributed by atoms with Crippen LogP contribution < -0.4 is 5.32 Å². The third kappa shape index (κ3) is 4.01. The molecule has 1 aromatic carbocycles. The SMILES string of the molecule is Cc1ccc(-c2csc(C(=O)NC3CCCCCC3)c2-n2cccc2)cc1. The molecule has 1 amide bonds. The minimum Gasteiger partial charge on any atom is -0.349 e. The van der Waals surface area contributed by atoms with Gasteiger partial charge >= 0.3 is 0 Å². The summed E-state index contributed by atoms with van der Waals surface area (Å²) in [6.07, 6.45) is 11.2. The number of carbonyl (C=O) groups excluding carboxylic acids is 1. The van der Waals surface area contributed by atoms with Gasteiger partial charge in [-0.05, 0) is 37.5 Å². The van der Waals surface area contributed by atoms with E-state index in [4.69, 9.17) is 0 Å². The summed E-state index contributed by atoms with van der Waals surface area (Å²) < 4.78 is 2.06. The summed E-state index contributed by atoms with van der Waals surface area (Å²) in [5.41, 5.74) is 4.49. The Kier molecular flexibility index (Phi) is 5.44. The second kappa shape index (κ2) is 8.13. The first-order valence-corrected chi connectivity index (χ1v) is 10.7. The molecular weight excluding hydrogens is 352 g/mol. The average molecular weight is 379 g/mol. The van der Waals surface area contributed by atoms with Gasteiger partial charge in [-0.25, -0.2) is 0 Å². The second-order valence-electron chi connectivity index (χ2n) is 7.45. The second-order valence-corrected chi connectivity index (χ2v) is 8.33. The maximum absolute atomic E-state index is 13.1. The van der Waals surface area contributed by atoms with Gasteiger partial charge in [0.2, 0.25) is 0 Å². The highest BCUT2D eigenvalue weighted by molar-refractivity contribution is 7.13. The maximum atomic E-state index is 13.1. The van der Waals surface area contributed by atoms with Gasteiger partial charge < -0.3 is 9.88 Å². The first kappa shape index (κ1) is 18.1. The van der Waals surface area contributed by atoms with Crippen LogP contribution in [0.15, 0.2) is 54.2 Å². The first-order valence-electron chi connectivity index (χ1n) is 9.85. The third-order valence-electron chi connectivity index (χ3n) is 5.39. The normalized spacial score (nSPS) is 15.4. The molecule has 140 valence electrons. The zero-order chi connectivity index (χ0) is 18.6. The van der Waals surface area contributed by atoms with Crippen LogP contribution in [-0.2, 0) is 0 Å². The van der Waals surface area contributed by atoms with Crippen LogP contribution in [0.25, 0.3) is 16.8 Å². The van der Waals surface area contributed by atoms with Crippen molar-refractivity contribution in [3.8, 4) is 16.8 Å². The number of nitrogens with zero attached hydrogens (tertiary/aromatic N) is 1. The Labute approximate surface area is 165 Å². The molecule has 2 aromatic heterocycles. The van der Waals surface area contributed by atoms with Crippen LogP contribution >= 0.6 is 11.3 Å². The lowest BCUT2D eigenvalue weighted by Crippen LogP contribution is -2.34. The van der Waals surface area contributed by atoms with Gasteiger partial charge in [-0.1, -0.05) is 55.5 Å². The van der Waals surface area contributed by atoms with Crippen LogP contribution in [0.3, 0.4) is 0 Å². The van der Waals surface area contributed by atoms with Crippen LogP contribution in [0, 0.1) is 6.92 Å². The minimum absolute atomic E-state index is 0.0639. The quantitative estimate of drug-likeness (QED) is 0.558. The number of hydrogen-bond donors (Lipinski definition) is 1. The standard InChI is InChI=1S/C23H26N2OS/c1-17-10-12-18(13-11-17)20-16-27-22(21(20)25-14-6-7-15-25)23(26)24-19-8-4-2-3-5-9-19/h6-7,10-16,19H,2-5,8-9H2,1H3,(H,24,26). The number of rotatable bonds is 4. The fourth-order valence-corrected chi connectivity index (χ4v) is 4.84. The fraction of sp³-hybridized carbons (Fsp3) is 0.348. The van der Waals surface area contributed by atoms with E-state index in [2.05, 4.69) is 46.5 Å². The van der Waals surface area contributed by atoms with Crippen molar-refractivity contribution >= 4 is 17.2 Å². The van der Waals surface area contributed by atoms with Gasteiger partial charge in [-0.3, -0.25) is 4.79 Å². The molecule has 3 nitrogen and oxygen atoms in total. The molecule has 0 unspecified atom stereocenters. The molecule has 0 radical (unpaired) electrons. The lowest BCUT2D eigenvalue weighted by molar-refractivity contribution is 0.0937. The smallest absolute Gasteiger partial charge is 0.263 e. The van der Waals surface area contributed by atoms with Crippen molar-refractivity contribution in [3.63, 3.8) is 0 Å². The van der Waals surface area contributed by atoms with Crippen LogP contribution in [0.5, 0.6) is 0 Å². The molecule has 27 heavy (non-hydrogen) atoms. The van der Waals surface area contributed by atoms with E-state index >= 15 is 0 Å². The predicted molar refractivity (Wildman–Crippen MR) is 113 cm³/mol. The highest BCUT2D eigenvalue weighted by Crippen LogP contribution is 2.35. The Hall–Kier alpha value is -2.33. The molecular formula is C23H26N2OS. The van der Waals surface area contributed by atoms with E-state index < -0.39 is 0 Å². The summed E-state index contributed by atoms with van der Waals surface area (Å²) in [5, 5.41) is 5.42. The molecule has 3 aromatic rings. The van der Waals surface area contributed by atoms with Gasteiger partial charge in [0, 0.05) is 29.4 Å². The predicted octanol–water partition coefficient (Wildman–Crippen LogP) is 5.97. The maximum Gasteiger partial charge on any atom is 0.263 e. The third-order valence-corrected chi connectivity index (χ3v) is 6.35. The van der Waals surface area contributed by atoms with Gasteiger partial charge in [0.15, 0.2) is 0 Å². The Morgan fingerprint density at radius 2 is 1.70 bits per heavy atom. The molecule has 1 aliphatic rings. The van der Waals surface area contributed by atoms with Crippen molar-refractivity contribution in [2.75, 3.05) is 0 Å². The van der Waals surface area contributed by atoms with Crippen molar-refractivity contribution in [1.29, 1.82) is 0 Å². The summed E-state index contributed by atoms with van der Waals surface area (Å²) in [5.74, 6) is 0.0639. The molecule has 0 atom stereocenters. The van der Waals surface area contributed by atoms with Gasteiger partial charge in [-0.2, -0.15) is 0 Å². The van der Waals surface area contributed by atoms with Crippen molar-refractivity contribution in [1.82, 2.24) is 9.88 Å². The van der Waals surface area contributed by atoms with Crippen LogP contribution in [-0.4, -0.2) is 16.5 Å². The molecule has 0 aliphatic heterocycles. The van der Waals surface area contributed by atoms with Crippen LogP contribution in [0.1, 0.15) is 53.8 Å². The van der Waals surface area contributed by atoms with Crippen molar-refractivity contribution in [3.05, 3.63) is 64.6 Å². The van der Waals surface area contributed by atoms with E-state index in [1.807, 2.05) is 24.5 Å². The van der Waals surface area contributed by atoms with E-state index in [-0.39, 0.29) is 5.91 Å². The number of thiophene rings is 1. The minimum atomic E-state index is 0.0639. The number of amides is 1. The van der Waals surface area contributed by atoms with Gasteiger partial charge in [0.05, 0.1) is 5.69 Å². The first-order chi connectivity index (χ1) is 13.2. The Balaban J connectivity index is 1.68. The van der Waals surface area contributed by atoms with Crippen molar-refractivity contribution < 1.29 is 4.79 Å². The molecule has 0 bridgehead atoms. The molecule has 4 rings (SSSR count). The lowest BCUT2D eigenvalue weighted by Gasteiger charge is -2.17. The molecule has 4 heteroatoms. The van der Waals surface area contributed by atoms with E-state index in [0.29, 0.717) is 6.04 Å². The fourth-order valence-electron chi connectivity index (χ4n) is 3.87. The number of aromatic nitrogens is 1. The van der Waals surface area contributed by atoms with Gasteiger partial charge in [-0.15, -0.1) is 11.3 Å². The molecule has 2 heterocycles. The number of carbonyl (C=O) groups is 1. The summed E-state index contributed by atoms with van der Waals surface area (Å²) in [6.45, 7) is 2.09. The largest absolute Gasteiger partial charge is 0.349 e. The van der Waals surface area contributed by atoms with Gasteiger partial charge in [0.1, 0.15) is 4.88 Å². The Morgan fingerprint density at radius 1 is 1.04 bits per heavy atom. The number of nitrogens with one attached hydrogen (secondary N) is 1. The van der Waals surface area contributed by atoms with E-state index in [0.717, 1.165) is 34.5 Å². The van der Waals surface area contributed by atoms with E-state index in [9.17, 15) is 4.79 Å². The Bertz CT molecular complexity index is 885.